The largest absolute Gasteiger partial charge is 0.353 e. The van der Waals surface area contributed by atoms with Crippen molar-refractivity contribution in [3.8, 4) is 6.07 Å². The van der Waals surface area contributed by atoms with Gasteiger partial charge in [0.25, 0.3) is 0 Å². The molecule has 3 aromatic rings. The number of nitrogens with zero attached hydrogens (tertiary/aromatic N) is 5. The monoisotopic (exact) mass is 393 g/mol. The summed E-state index contributed by atoms with van der Waals surface area (Å²) in [7, 11) is -3.71. The Bertz CT molecular complexity index is 1170. The molecule has 2 heterocycles. The third-order valence-electron chi connectivity index (χ3n) is 5.01. The Morgan fingerprint density at radius 2 is 1.75 bits per heavy atom. The molecule has 0 atom stereocenters. The van der Waals surface area contributed by atoms with Crippen molar-refractivity contribution in [3.05, 3.63) is 59.9 Å². The summed E-state index contributed by atoms with van der Waals surface area (Å²) in [5.41, 5.74) is 2.14. The molecule has 0 bridgehead atoms. The highest BCUT2D eigenvalue weighted by Gasteiger charge is 2.31. The van der Waals surface area contributed by atoms with Crippen LogP contribution in [0.2, 0.25) is 0 Å². The first-order valence-electron chi connectivity index (χ1n) is 8.97. The van der Waals surface area contributed by atoms with Crippen LogP contribution in [-0.4, -0.2) is 48.9 Å². The topological polar surface area (TPSA) is 90.2 Å². The number of nitriles is 1. The van der Waals surface area contributed by atoms with Crippen molar-refractivity contribution in [1.29, 1.82) is 5.26 Å². The molecule has 0 amide bonds. The van der Waals surface area contributed by atoms with Crippen LogP contribution in [0.1, 0.15) is 11.1 Å². The number of aryl methyl sites for hydroxylation is 1. The van der Waals surface area contributed by atoms with Gasteiger partial charge in [-0.3, -0.25) is 0 Å². The standard InChI is InChI=1S/C20H19N5O2S/c1-15-5-4-7-17-19(15)20(23-14-22-17)24-9-11-25(12-10-24)28(26,27)18-8-3-2-6-16(18)13-21/h2-8,14H,9-12H2,1H3. The summed E-state index contributed by atoms with van der Waals surface area (Å²) in [4.78, 5) is 11.0. The van der Waals surface area contributed by atoms with Crippen LogP contribution < -0.4 is 4.90 Å². The van der Waals surface area contributed by atoms with Crippen molar-refractivity contribution in [2.75, 3.05) is 31.1 Å². The molecule has 1 saturated heterocycles. The summed E-state index contributed by atoms with van der Waals surface area (Å²) < 4.78 is 27.5. The summed E-state index contributed by atoms with van der Waals surface area (Å²) in [5, 5.41) is 10.2. The molecule has 0 spiro atoms. The van der Waals surface area contributed by atoms with Gasteiger partial charge in [-0.15, -0.1) is 0 Å². The van der Waals surface area contributed by atoms with Gasteiger partial charge in [0.1, 0.15) is 18.2 Å². The van der Waals surface area contributed by atoms with Crippen molar-refractivity contribution in [2.45, 2.75) is 11.8 Å². The van der Waals surface area contributed by atoms with E-state index in [2.05, 4.69) is 14.9 Å². The maximum absolute atomic E-state index is 13.0. The minimum Gasteiger partial charge on any atom is -0.353 e. The van der Waals surface area contributed by atoms with E-state index >= 15 is 0 Å². The molecule has 0 unspecified atom stereocenters. The molecule has 7 nitrogen and oxygen atoms in total. The molecule has 0 aliphatic carbocycles. The Labute approximate surface area is 163 Å². The first kappa shape index (κ1) is 18.3. The van der Waals surface area contributed by atoms with Gasteiger partial charge in [-0.05, 0) is 30.7 Å². The molecule has 142 valence electrons. The van der Waals surface area contributed by atoms with E-state index < -0.39 is 10.0 Å². The second-order valence-corrected chi connectivity index (χ2v) is 8.57. The molecule has 0 N–H and O–H groups in total. The number of aromatic nitrogens is 2. The third kappa shape index (κ3) is 3.09. The lowest BCUT2D eigenvalue weighted by atomic mass is 10.1. The van der Waals surface area contributed by atoms with Crippen LogP contribution in [0.15, 0.2) is 53.7 Å². The fourth-order valence-electron chi connectivity index (χ4n) is 3.56. The molecular formula is C20H19N5O2S. The molecule has 2 aromatic carbocycles. The molecule has 1 aliphatic heterocycles. The van der Waals surface area contributed by atoms with E-state index in [1.54, 1.807) is 18.5 Å². The Morgan fingerprint density at radius 3 is 2.50 bits per heavy atom. The predicted octanol–water partition coefficient (Wildman–Crippen LogP) is 2.32. The van der Waals surface area contributed by atoms with Gasteiger partial charge in [0, 0.05) is 31.6 Å². The van der Waals surface area contributed by atoms with E-state index in [0.29, 0.717) is 26.2 Å². The van der Waals surface area contributed by atoms with Gasteiger partial charge in [0.05, 0.1) is 16.0 Å². The zero-order valence-electron chi connectivity index (χ0n) is 15.4. The van der Waals surface area contributed by atoms with Crippen LogP contribution >= 0.6 is 0 Å². The fourth-order valence-corrected chi connectivity index (χ4v) is 5.13. The van der Waals surface area contributed by atoms with Gasteiger partial charge in [-0.1, -0.05) is 24.3 Å². The molecule has 0 saturated carbocycles. The van der Waals surface area contributed by atoms with Gasteiger partial charge < -0.3 is 4.90 Å². The number of hydrogen-bond donors (Lipinski definition) is 0. The van der Waals surface area contributed by atoms with Crippen LogP contribution in [0, 0.1) is 18.3 Å². The fraction of sp³-hybridized carbons (Fsp3) is 0.250. The summed E-state index contributed by atoms with van der Waals surface area (Å²) in [6.07, 6.45) is 1.55. The lowest BCUT2D eigenvalue weighted by molar-refractivity contribution is 0.384. The van der Waals surface area contributed by atoms with E-state index in [0.717, 1.165) is 22.3 Å². The number of piperazine rings is 1. The van der Waals surface area contributed by atoms with Crippen LogP contribution in [0.3, 0.4) is 0 Å². The summed E-state index contributed by atoms with van der Waals surface area (Å²) in [6, 6.07) is 14.2. The highest BCUT2D eigenvalue weighted by molar-refractivity contribution is 7.89. The van der Waals surface area contributed by atoms with Crippen LogP contribution in [0.25, 0.3) is 10.9 Å². The highest BCUT2D eigenvalue weighted by Crippen LogP contribution is 2.28. The normalized spacial score (nSPS) is 15.5. The Hall–Kier alpha value is -3.02. The maximum atomic E-state index is 13.0. The number of rotatable bonds is 3. The van der Waals surface area contributed by atoms with Gasteiger partial charge in [0.2, 0.25) is 10.0 Å². The molecular weight excluding hydrogens is 374 g/mol. The highest BCUT2D eigenvalue weighted by atomic mass is 32.2. The SMILES string of the molecule is Cc1cccc2ncnc(N3CCN(S(=O)(=O)c4ccccc4C#N)CC3)c12. The minimum atomic E-state index is -3.71. The molecule has 1 fully saturated rings. The summed E-state index contributed by atoms with van der Waals surface area (Å²) in [6.45, 7) is 3.73. The summed E-state index contributed by atoms with van der Waals surface area (Å²) in [5.74, 6) is 0.831. The molecule has 1 aliphatic rings. The quantitative estimate of drug-likeness (QED) is 0.678. The number of hydrogen-bond acceptors (Lipinski definition) is 6. The first-order chi connectivity index (χ1) is 13.5. The van der Waals surface area contributed by atoms with Crippen molar-refractivity contribution < 1.29 is 8.42 Å². The Balaban J connectivity index is 1.60. The number of sulfonamides is 1. The van der Waals surface area contributed by atoms with Crippen LogP contribution in [-0.2, 0) is 10.0 Å². The van der Waals surface area contributed by atoms with E-state index in [1.807, 2.05) is 31.2 Å². The number of benzene rings is 2. The average molecular weight is 393 g/mol. The van der Waals surface area contributed by atoms with E-state index in [4.69, 9.17) is 0 Å². The van der Waals surface area contributed by atoms with E-state index in [9.17, 15) is 13.7 Å². The minimum absolute atomic E-state index is 0.0641. The van der Waals surface area contributed by atoms with Gasteiger partial charge in [-0.2, -0.15) is 9.57 Å². The van der Waals surface area contributed by atoms with Crippen molar-refractivity contribution in [1.82, 2.24) is 14.3 Å². The summed E-state index contributed by atoms with van der Waals surface area (Å²) >= 11 is 0. The van der Waals surface area contributed by atoms with Gasteiger partial charge >= 0.3 is 0 Å². The molecule has 28 heavy (non-hydrogen) atoms. The molecule has 1 aromatic heterocycles. The van der Waals surface area contributed by atoms with Gasteiger partial charge in [-0.25, -0.2) is 18.4 Å². The second-order valence-electron chi connectivity index (χ2n) is 6.67. The maximum Gasteiger partial charge on any atom is 0.244 e. The van der Waals surface area contributed by atoms with E-state index in [1.165, 1.54) is 16.4 Å². The lowest BCUT2D eigenvalue weighted by Crippen LogP contribution is -2.49. The molecule has 4 rings (SSSR count). The lowest BCUT2D eigenvalue weighted by Gasteiger charge is -2.35. The number of fused-ring (bicyclic) bond motifs is 1. The van der Waals surface area contributed by atoms with Crippen molar-refractivity contribution >= 4 is 26.7 Å². The van der Waals surface area contributed by atoms with Crippen molar-refractivity contribution in [2.24, 2.45) is 0 Å². The van der Waals surface area contributed by atoms with E-state index in [-0.39, 0.29) is 10.5 Å². The van der Waals surface area contributed by atoms with Crippen LogP contribution in [0.5, 0.6) is 0 Å². The second kappa shape index (κ2) is 7.19. The average Bonchev–Trinajstić information content (AvgIpc) is 2.73. The zero-order chi connectivity index (χ0) is 19.7. The first-order valence-corrected chi connectivity index (χ1v) is 10.4. The predicted molar refractivity (Wildman–Crippen MR) is 106 cm³/mol. The molecule has 0 radical (unpaired) electrons. The zero-order valence-corrected chi connectivity index (χ0v) is 16.2. The Morgan fingerprint density at radius 1 is 1.00 bits per heavy atom. The van der Waals surface area contributed by atoms with Crippen LogP contribution in [0.4, 0.5) is 5.82 Å². The number of anilines is 1. The van der Waals surface area contributed by atoms with Crippen molar-refractivity contribution in [3.63, 3.8) is 0 Å². The molecule has 8 heteroatoms. The smallest absolute Gasteiger partial charge is 0.244 e. The third-order valence-corrected chi connectivity index (χ3v) is 6.97. The van der Waals surface area contributed by atoms with Gasteiger partial charge in [0.15, 0.2) is 0 Å². The Kier molecular flexibility index (Phi) is 4.71.